The lowest BCUT2D eigenvalue weighted by atomic mass is 9.90. The van der Waals surface area contributed by atoms with E-state index >= 15 is 0 Å². The summed E-state index contributed by atoms with van der Waals surface area (Å²) in [4.78, 5) is 0. The topological polar surface area (TPSA) is 21.3 Å². The number of hydrogen-bond acceptors (Lipinski definition) is 2. The van der Waals surface area contributed by atoms with Crippen LogP contribution in [0.3, 0.4) is 0 Å². The number of ether oxygens (including phenoxy) is 1. The first-order chi connectivity index (χ1) is 9.83. The second kappa shape index (κ2) is 6.62. The molecule has 110 valence electrons. The third-order valence-corrected chi connectivity index (χ3v) is 4.85. The number of nitrogens with one attached hydrogen (secondary N) is 1. The first kappa shape index (κ1) is 13.9. The maximum absolute atomic E-state index is 6.31. The molecular weight excluding hydrogens is 246 g/mol. The predicted octanol–water partition coefficient (Wildman–Crippen LogP) is 3.86. The lowest BCUT2D eigenvalue weighted by Gasteiger charge is -2.25. The van der Waals surface area contributed by atoms with Gasteiger partial charge in [0.2, 0.25) is 0 Å². The molecule has 2 aliphatic rings. The van der Waals surface area contributed by atoms with Crippen molar-refractivity contribution in [3.05, 3.63) is 29.3 Å². The Morgan fingerprint density at radius 3 is 2.75 bits per heavy atom. The Morgan fingerprint density at radius 1 is 1.15 bits per heavy atom. The normalized spacial score (nSPS) is 23.9. The van der Waals surface area contributed by atoms with Gasteiger partial charge in [-0.1, -0.05) is 12.1 Å². The second-order valence-electron chi connectivity index (χ2n) is 6.49. The molecule has 1 unspecified atom stereocenters. The minimum absolute atomic E-state index is 0.458. The highest BCUT2D eigenvalue weighted by Gasteiger charge is 2.21. The summed E-state index contributed by atoms with van der Waals surface area (Å²) in [7, 11) is 0. The minimum Gasteiger partial charge on any atom is -0.490 e. The van der Waals surface area contributed by atoms with E-state index in [0.717, 1.165) is 18.2 Å². The number of piperidine rings is 1. The van der Waals surface area contributed by atoms with E-state index in [2.05, 4.69) is 30.4 Å². The monoisotopic (exact) mass is 273 g/mol. The molecule has 3 rings (SSSR count). The molecule has 2 fully saturated rings. The van der Waals surface area contributed by atoms with Gasteiger partial charge in [-0.3, -0.25) is 0 Å². The van der Waals surface area contributed by atoms with E-state index in [1.807, 2.05) is 0 Å². The van der Waals surface area contributed by atoms with E-state index in [1.54, 1.807) is 0 Å². The first-order valence-electron chi connectivity index (χ1n) is 8.29. The highest BCUT2D eigenvalue weighted by atomic mass is 16.5. The van der Waals surface area contributed by atoms with Crippen molar-refractivity contribution in [2.45, 2.75) is 58.0 Å². The zero-order valence-electron chi connectivity index (χ0n) is 12.7. The number of aryl methyl sites for hydroxylation is 1. The quantitative estimate of drug-likeness (QED) is 0.899. The summed E-state index contributed by atoms with van der Waals surface area (Å²) >= 11 is 0. The van der Waals surface area contributed by atoms with Crippen LogP contribution in [0.25, 0.3) is 0 Å². The smallest absolute Gasteiger partial charge is 0.123 e. The lowest BCUT2D eigenvalue weighted by molar-refractivity contribution is 0.206. The van der Waals surface area contributed by atoms with Gasteiger partial charge in [-0.25, -0.2) is 0 Å². The van der Waals surface area contributed by atoms with Crippen LogP contribution in [0.1, 0.15) is 49.7 Å². The second-order valence-corrected chi connectivity index (χ2v) is 6.49. The standard InChI is InChI=1S/C18H27NO/c1-14-6-4-10-18(20-16-8-2-3-9-16)17(14)12-15-7-5-11-19-13-15/h4,6,10,15-16,19H,2-3,5,7-9,11-13H2,1H3. The average molecular weight is 273 g/mol. The molecule has 20 heavy (non-hydrogen) atoms. The Bertz CT molecular complexity index is 431. The van der Waals surface area contributed by atoms with Crippen molar-refractivity contribution in [1.29, 1.82) is 0 Å². The molecule has 1 saturated carbocycles. The number of hydrogen-bond donors (Lipinski definition) is 1. The first-order valence-corrected chi connectivity index (χ1v) is 8.29. The van der Waals surface area contributed by atoms with Gasteiger partial charge in [0, 0.05) is 0 Å². The zero-order chi connectivity index (χ0) is 13.8. The Morgan fingerprint density at radius 2 is 2.00 bits per heavy atom. The fourth-order valence-electron chi connectivity index (χ4n) is 3.62. The molecular formula is C18H27NO. The van der Waals surface area contributed by atoms with Gasteiger partial charge in [-0.15, -0.1) is 0 Å². The van der Waals surface area contributed by atoms with Gasteiger partial charge in [0.05, 0.1) is 6.10 Å². The third kappa shape index (κ3) is 3.35. The summed E-state index contributed by atoms with van der Waals surface area (Å²) in [5.74, 6) is 1.93. The van der Waals surface area contributed by atoms with Crippen LogP contribution in [0.5, 0.6) is 5.75 Å². The predicted molar refractivity (Wildman–Crippen MR) is 83.4 cm³/mol. The van der Waals surface area contributed by atoms with E-state index in [4.69, 9.17) is 4.74 Å². The Hall–Kier alpha value is -1.02. The van der Waals surface area contributed by atoms with Gasteiger partial charge in [0.1, 0.15) is 5.75 Å². The summed E-state index contributed by atoms with van der Waals surface area (Å²) in [6.45, 7) is 4.58. The summed E-state index contributed by atoms with van der Waals surface area (Å²) in [6, 6.07) is 6.55. The third-order valence-electron chi connectivity index (χ3n) is 4.85. The van der Waals surface area contributed by atoms with Crippen LogP contribution in [0.2, 0.25) is 0 Å². The molecule has 1 heterocycles. The van der Waals surface area contributed by atoms with E-state index in [0.29, 0.717) is 6.10 Å². The summed E-state index contributed by atoms with van der Waals surface area (Å²) < 4.78 is 6.31. The van der Waals surface area contributed by atoms with Gasteiger partial charge < -0.3 is 10.1 Å². The molecule has 2 heteroatoms. The molecule has 0 radical (unpaired) electrons. The van der Waals surface area contributed by atoms with Crippen molar-refractivity contribution in [3.63, 3.8) is 0 Å². The van der Waals surface area contributed by atoms with Gasteiger partial charge in [0.15, 0.2) is 0 Å². The maximum Gasteiger partial charge on any atom is 0.123 e. The van der Waals surface area contributed by atoms with Crippen LogP contribution in [0, 0.1) is 12.8 Å². The van der Waals surface area contributed by atoms with E-state index < -0.39 is 0 Å². The number of benzene rings is 1. The maximum atomic E-state index is 6.31. The molecule has 1 N–H and O–H groups in total. The van der Waals surface area contributed by atoms with Crippen LogP contribution in [0.4, 0.5) is 0 Å². The lowest BCUT2D eigenvalue weighted by Crippen LogP contribution is -2.31. The Labute approximate surface area is 122 Å². The average Bonchev–Trinajstić information content (AvgIpc) is 2.97. The van der Waals surface area contributed by atoms with Gasteiger partial charge in [-0.2, -0.15) is 0 Å². The molecule has 0 aromatic heterocycles. The van der Waals surface area contributed by atoms with Crippen LogP contribution in [-0.2, 0) is 6.42 Å². The Kier molecular flexibility index (Phi) is 4.62. The van der Waals surface area contributed by atoms with E-state index in [-0.39, 0.29) is 0 Å². The van der Waals surface area contributed by atoms with Crippen LogP contribution >= 0.6 is 0 Å². The van der Waals surface area contributed by atoms with Crippen LogP contribution in [0.15, 0.2) is 18.2 Å². The van der Waals surface area contributed by atoms with Crippen molar-refractivity contribution in [1.82, 2.24) is 5.32 Å². The van der Waals surface area contributed by atoms with Crippen molar-refractivity contribution < 1.29 is 4.74 Å². The largest absolute Gasteiger partial charge is 0.490 e. The summed E-state index contributed by atoms with van der Waals surface area (Å²) in [5, 5.41) is 3.53. The van der Waals surface area contributed by atoms with E-state index in [9.17, 15) is 0 Å². The van der Waals surface area contributed by atoms with Crippen LogP contribution < -0.4 is 10.1 Å². The van der Waals surface area contributed by atoms with Crippen molar-refractivity contribution in [2.75, 3.05) is 13.1 Å². The van der Waals surface area contributed by atoms with E-state index in [1.165, 1.54) is 62.6 Å². The summed E-state index contributed by atoms with van der Waals surface area (Å²) in [5.41, 5.74) is 2.85. The van der Waals surface area contributed by atoms with Gasteiger partial charge in [-0.05, 0) is 88.1 Å². The van der Waals surface area contributed by atoms with Gasteiger partial charge in [0.25, 0.3) is 0 Å². The molecule has 0 amide bonds. The van der Waals surface area contributed by atoms with Crippen LogP contribution in [-0.4, -0.2) is 19.2 Å². The molecule has 2 nitrogen and oxygen atoms in total. The zero-order valence-corrected chi connectivity index (χ0v) is 12.7. The molecule has 1 aliphatic heterocycles. The molecule has 0 spiro atoms. The fourth-order valence-corrected chi connectivity index (χ4v) is 3.62. The SMILES string of the molecule is Cc1cccc(OC2CCCC2)c1CC1CCCNC1. The molecule has 1 atom stereocenters. The molecule has 0 bridgehead atoms. The number of rotatable bonds is 4. The summed E-state index contributed by atoms with van der Waals surface area (Å²) in [6.07, 6.45) is 9.43. The molecule has 1 saturated heterocycles. The van der Waals surface area contributed by atoms with Crippen molar-refractivity contribution in [2.24, 2.45) is 5.92 Å². The Balaban J connectivity index is 1.73. The molecule has 1 aliphatic carbocycles. The fraction of sp³-hybridized carbons (Fsp3) is 0.667. The molecule has 1 aromatic rings. The van der Waals surface area contributed by atoms with Gasteiger partial charge >= 0.3 is 0 Å². The van der Waals surface area contributed by atoms with Crippen molar-refractivity contribution >= 4 is 0 Å². The highest BCUT2D eigenvalue weighted by molar-refractivity contribution is 5.40. The minimum atomic E-state index is 0.458. The highest BCUT2D eigenvalue weighted by Crippen LogP contribution is 2.31. The molecule has 1 aromatic carbocycles. The van der Waals surface area contributed by atoms with Crippen molar-refractivity contribution in [3.8, 4) is 5.75 Å².